The van der Waals surface area contributed by atoms with Gasteiger partial charge in [0.15, 0.2) is 11.5 Å². The molecule has 1 aromatic carbocycles. The molecule has 0 atom stereocenters. The predicted molar refractivity (Wildman–Crippen MR) is 67.7 cm³/mol. The zero-order valence-electron chi connectivity index (χ0n) is 10.3. The second-order valence-electron chi connectivity index (χ2n) is 3.68. The number of hydrogen-bond donors (Lipinski definition) is 2. The number of benzene rings is 1. The minimum Gasteiger partial charge on any atom is -0.493 e. The fraction of sp³-hybridized carbons (Fsp3) is 0.538. The molecule has 4 nitrogen and oxygen atoms in total. The van der Waals surface area contributed by atoms with Crippen LogP contribution in [0.2, 0.25) is 0 Å². The number of aliphatic hydroxyl groups excluding tert-OH is 1. The number of hydrogen-bond acceptors (Lipinski definition) is 4. The fourth-order valence-electron chi connectivity index (χ4n) is 1.46. The summed E-state index contributed by atoms with van der Waals surface area (Å²) >= 11 is 0. The van der Waals surface area contributed by atoms with E-state index in [1.165, 1.54) is 0 Å². The highest BCUT2D eigenvalue weighted by atomic mass is 16.5. The van der Waals surface area contributed by atoms with E-state index in [1.54, 1.807) is 7.11 Å². The van der Waals surface area contributed by atoms with E-state index in [9.17, 15) is 0 Å². The Labute approximate surface area is 103 Å². The standard InChI is InChI=1S/C13H21NO3/c1-16-12-6-2-3-7-13(12)17-11-9-14-8-4-5-10-15/h2-3,6-7,14-15H,4-5,8-11H2,1H3. The molecule has 96 valence electrons. The summed E-state index contributed by atoms with van der Waals surface area (Å²) in [4.78, 5) is 0. The first kappa shape index (κ1) is 13.8. The lowest BCUT2D eigenvalue weighted by Gasteiger charge is -2.10. The Kier molecular flexibility index (Phi) is 7.18. The van der Waals surface area contributed by atoms with Gasteiger partial charge in [-0.05, 0) is 31.5 Å². The monoisotopic (exact) mass is 239 g/mol. The van der Waals surface area contributed by atoms with Gasteiger partial charge in [-0.25, -0.2) is 0 Å². The van der Waals surface area contributed by atoms with Crippen LogP contribution in [-0.2, 0) is 0 Å². The summed E-state index contributed by atoms with van der Waals surface area (Å²) in [6.45, 7) is 2.58. The second-order valence-corrected chi connectivity index (χ2v) is 3.68. The minimum atomic E-state index is 0.263. The van der Waals surface area contributed by atoms with Gasteiger partial charge in [0.1, 0.15) is 6.61 Å². The van der Waals surface area contributed by atoms with E-state index in [0.717, 1.165) is 37.4 Å². The lowest BCUT2D eigenvalue weighted by Crippen LogP contribution is -2.22. The van der Waals surface area contributed by atoms with Crippen LogP contribution in [-0.4, -0.2) is 38.5 Å². The first-order valence-corrected chi connectivity index (χ1v) is 5.96. The van der Waals surface area contributed by atoms with Crippen molar-refractivity contribution in [3.8, 4) is 11.5 Å². The Bertz CT molecular complexity index is 304. The van der Waals surface area contributed by atoms with Crippen LogP contribution in [0.15, 0.2) is 24.3 Å². The Morgan fingerprint density at radius 1 is 1.12 bits per heavy atom. The maximum absolute atomic E-state index is 8.61. The molecule has 0 amide bonds. The third kappa shape index (κ3) is 5.56. The molecule has 0 aliphatic heterocycles. The van der Waals surface area contributed by atoms with Crippen LogP contribution in [0.4, 0.5) is 0 Å². The van der Waals surface area contributed by atoms with E-state index >= 15 is 0 Å². The molecule has 0 fully saturated rings. The Balaban J connectivity index is 2.13. The highest BCUT2D eigenvalue weighted by Crippen LogP contribution is 2.25. The van der Waals surface area contributed by atoms with Gasteiger partial charge < -0.3 is 19.9 Å². The van der Waals surface area contributed by atoms with Crippen molar-refractivity contribution >= 4 is 0 Å². The van der Waals surface area contributed by atoms with Gasteiger partial charge in [0.2, 0.25) is 0 Å². The van der Waals surface area contributed by atoms with Crippen LogP contribution < -0.4 is 14.8 Å². The van der Waals surface area contributed by atoms with Crippen molar-refractivity contribution in [1.29, 1.82) is 0 Å². The van der Waals surface area contributed by atoms with Gasteiger partial charge in [0.25, 0.3) is 0 Å². The fourth-order valence-corrected chi connectivity index (χ4v) is 1.46. The number of nitrogens with one attached hydrogen (secondary N) is 1. The number of unbranched alkanes of at least 4 members (excludes halogenated alkanes) is 1. The van der Waals surface area contributed by atoms with Gasteiger partial charge in [-0.1, -0.05) is 12.1 Å². The molecule has 0 aliphatic carbocycles. The SMILES string of the molecule is COc1ccccc1OCCNCCCCO. The van der Waals surface area contributed by atoms with E-state index in [1.807, 2.05) is 24.3 Å². The first-order chi connectivity index (χ1) is 8.38. The topological polar surface area (TPSA) is 50.7 Å². The summed E-state index contributed by atoms with van der Waals surface area (Å²) in [7, 11) is 1.63. The maximum atomic E-state index is 8.61. The number of aliphatic hydroxyl groups is 1. The Hall–Kier alpha value is -1.26. The molecule has 0 saturated heterocycles. The molecule has 1 aromatic rings. The normalized spacial score (nSPS) is 10.2. The average molecular weight is 239 g/mol. The van der Waals surface area contributed by atoms with Gasteiger partial charge >= 0.3 is 0 Å². The quantitative estimate of drug-likeness (QED) is 0.640. The molecular weight excluding hydrogens is 218 g/mol. The van der Waals surface area contributed by atoms with E-state index in [4.69, 9.17) is 14.6 Å². The molecule has 0 aliphatic rings. The van der Waals surface area contributed by atoms with Crippen molar-refractivity contribution in [3.63, 3.8) is 0 Å². The zero-order chi connectivity index (χ0) is 12.3. The Morgan fingerprint density at radius 3 is 2.59 bits per heavy atom. The highest BCUT2D eigenvalue weighted by Gasteiger charge is 2.01. The van der Waals surface area contributed by atoms with Gasteiger partial charge in [0.05, 0.1) is 7.11 Å². The van der Waals surface area contributed by atoms with Crippen molar-refractivity contribution < 1.29 is 14.6 Å². The highest BCUT2D eigenvalue weighted by molar-refractivity contribution is 5.39. The number of para-hydroxylation sites is 2. The predicted octanol–water partition coefficient (Wildman–Crippen LogP) is 1.44. The third-order valence-electron chi connectivity index (χ3n) is 2.37. The molecule has 0 spiro atoms. The van der Waals surface area contributed by atoms with Gasteiger partial charge in [-0.3, -0.25) is 0 Å². The number of rotatable bonds is 9. The lowest BCUT2D eigenvalue weighted by atomic mass is 10.3. The Morgan fingerprint density at radius 2 is 1.88 bits per heavy atom. The molecule has 1 rings (SSSR count). The lowest BCUT2D eigenvalue weighted by molar-refractivity contribution is 0.278. The molecule has 0 heterocycles. The minimum absolute atomic E-state index is 0.263. The average Bonchev–Trinajstić information content (AvgIpc) is 2.38. The molecule has 0 bridgehead atoms. The van der Waals surface area contributed by atoms with Crippen molar-refractivity contribution in [2.45, 2.75) is 12.8 Å². The van der Waals surface area contributed by atoms with Crippen molar-refractivity contribution in [1.82, 2.24) is 5.32 Å². The van der Waals surface area contributed by atoms with E-state index in [-0.39, 0.29) is 6.61 Å². The summed E-state index contributed by atoms with van der Waals surface area (Å²) in [5, 5.41) is 11.9. The van der Waals surface area contributed by atoms with Crippen molar-refractivity contribution in [3.05, 3.63) is 24.3 Å². The van der Waals surface area contributed by atoms with Crippen molar-refractivity contribution in [2.75, 3.05) is 33.4 Å². The molecule has 0 saturated carbocycles. The zero-order valence-corrected chi connectivity index (χ0v) is 10.3. The number of methoxy groups -OCH3 is 1. The number of ether oxygens (including phenoxy) is 2. The van der Waals surface area contributed by atoms with Gasteiger partial charge in [-0.2, -0.15) is 0 Å². The summed E-state index contributed by atoms with van der Waals surface area (Å²) in [5.41, 5.74) is 0. The van der Waals surface area contributed by atoms with Gasteiger partial charge in [-0.15, -0.1) is 0 Å². The maximum Gasteiger partial charge on any atom is 0.161 e. The van der Waals surface area contributed by atoms with Crippen LogP contribution in [0, 0.1) is 0 Å². The van der Waals surface area contributed by atoms with Crippen LogP contribution in [0.3, 0.4) is 0 Å². The summed E-state index contributed by atoms with van der Waals surface area (Å²) < 4.78 is 10.8. The molecular formula is C13H21NO3. The second kappa shape index (κ2) is 8.84. The summed E-state index contributed by atoms with van der Waals surface area (Å²) in [6, 6.07) is 7.61. The molecule has 0 unspecified atom stereocenters. The van der Waals surface area contributed by atoms with Crippen LogP contribution in [0.5, 0.6) is 11.5 Å². The molecule has 2 N–H and O–H groups in total. The van der Waals surface area contributed by atoms with E-state index in [2.05, 4.69) is 5.32 Å². The largest absolute Gasteiger partial charge is 0.493 e. The molecule has 4 heteroatoms. The summed E-state index contributed by atoms with van der Waals surface area (Å²) in [6.07, 6.45) is 1.84. The van der Waals surface area contributed by atoms with E-state index < -0.39 is 0 Å². The van der Waals surface area contributed by atoms with Gasteiger partial charge in [0, 0.05) is 13.2 Å². The third-order valence-corrected chi connectivity index (χ3v) is 2.37. The summed E-state index contributed by atoms with van der Waals surface area (Å²) in [5.74, 6) is 1.53. The van der Waals surface area contributed by atoms with Crippen LogP contribution in [0.25, 0.3) is 0 Å². The van der Waals surface area contributed by atoms with Crippen molar-refractivity contribution in [2.24, 2.45) is 0 Å². The molecule has 0 radical (unpaired) electrons. The molecule has 17 heavy (non-hydrogen) atoms. The first-order valence-electron chi connectivity index (χ1n) is 5.96. The molecule has 0 aromatic heterocycles. The van der Waals surface area contributed by atoms with E-state index in [0.29, 0.717) is 6.61 Å². The smallest absolute Gasteiger partial charge is 0.161 e. The van der Waals surface area contributed by atoms with Crippen LogP contribution in [0.1, 0.15) is 12.8 Å². The van der Waals surface area contributed by atoms with Crippen LogP contribution >= 0.6 is 0 Å².